The lowest BCUT2D eigenvalue weighted by atomic mass is 9.37. The Balaban J connectivity index is 1.49. The molecule has 1 aromatic rings. The highest BCUT2D eigenvalue weighted by Gasteiger charge is 2.86. The first-order valence-corrected chi connectivity index (χ1v) is 6.71. The fraction of sp³-hybridized carbons (Fsp3) is 0.571. The molecule has 2 aliphatic carbocycles. The second-order valence-electron chi connectivity index (χ2n) is 6.16. The maximum absolute atomic E-state index is 10.7. The molecule has 0 bridgehead atoms. The lowest BCUT2D eigenvalue weighted by Crippen LogP contribution is -2.67. The largest absolute Gasteiger partial charge is 0.380 e. The van der Waals surface area contributed by atoms with E-state index in [-0.39, 0.29) is 16.0 Å². The average molecular weight is 259 g/mol. The minimum atomic E-state index is -0.350. The molecule has 2 aliphatic heterocycles. The molecule has 4 fully saturated rings. The summed E-state index contributed by atoms with van der Waals surface area (Å²) in [5.74, 6) is 1.58. The molecule has 4 aliphatic rings. The molecule has 1 unspecified atom stereocenters. The zero-order valence-corrected chi connectivity index (χ0v) is 10.2. The maximum Gasteiger partial charge on any atom is 0.269 e. The van der Waals surface area contributed by atoms with Crippen molar-refractivity contribution in [2.24, 2.45) is 17.3 Å². The Morgan fingerprint density at radius 1 is 1.32 bits per heavy atom. The predicted octanol–water partition coefficient (Wildman–Crippen LogP) is 1.72. The minimum Gasteiger partial charge on any atom is -0.380 e. The van der Waals surface area contributed by atoms with E-state index in [1.807, 2.05) is 12.1 Å². The van der Waals surface area contributed by atoms with Gasteiger partial charge in [-0.1, -0.05) is 12.1 Å². The number of rotatable bonds is 2. The van der Waals surface area contributed by atoms with E-state index >= 15 is 0 Å². The van der Waals surface area contributed by atoms with Crippen LogP contribution in [0.1, 0.15) is 11.5 Å². The van der Waals surface area contributed by atoms with E-state index in [0.29, 0.717) is 30.0 Å². The van der Waals surface area contributed by atoms with Crippen molar-refractivity contribution in [3.05, 3.63) is 39.9 Å². The number of fused-ring (bicyclic) bond motifs is 2. The molecule has 2 saturated carbocycles. The molecule has 5 nitrogen and oxygen atoms in total. The Kier molecular flexibility index (Phi) is 1.63. The number of ether oxygens (including phenoxy) is 2. The molecule has 1 spiro atoms. The number of hydrogen-bond donors (Lipinski definition) is 0. The summed E-state index contributed by atoms with van der Waals surface area (Å²) in [6.07, 6.45) is 0.873. The molecule has 98 valence electrons. The number of nitrogens with zero attached hydrogens (tertiary/aromatic N) is 1. The zero-order chi connectivity index (χ0) is 12.8. The standard InChI is InChI=1S/C14H13NO4/c16-15(17)8-3-1-7(2-4-8)10-9-5-18-6-14(9)11(10)12-13(14)19-12/h1-4,9-13H,5-6H2/t9-,10-,11+,12+,13+,14?/m0/s1. The number of non-ortho nitro benzene ring substituents is 1. The Labute approximate surface area is 109 Å². The van der Waals surface area contributed by atoms with Gasteiger partial charge in [0.05, 0.1) is 30.3 Å². The summed E-state index contributed by atoms with van der Waals surface area (Å²) in [5, 5.41) is 10.7. The van der Waals surface area contributed by atoms with Crippen LogP contribution in [0.15, 0.2) is 24.3 Å². The van der Waals surface area contributed by atoms with Gasteiger partial charge in [0.25, 0.3) is 5.69 Å². The number of hydrogen-bond acceptors (Lipinski definition) is 4. The van der Waals surface area contributed by atoms with Crippen molar-refractivity contribution in [3.8, 4) is 0 Å². The highest BCUT2D eigenvalue weighted by molar-refractivity contribution is 5.43. The van der Waals surface area contributed by atoms with Crippen molar-refractivity contribution in [1.29, 1.82) is 0 Å². The van der Waals surface area contributed by atoms with Crippen LogP contribution in [0.4, 0.5) is 5.69 Å². The molecule has 5 rings (SSSR count). The SMILES string of the molecule is O=[N+]([O-])c1ccc([C@@H]2[C@@H]3[C@H]4O[C@H]4C34COC[C@@H]24)cc1. The molecule has 19 heavy (non-hydrogen) atoms. The molecule has 0 radical (unpaired) electrons. The van der Waals surface area contributed by atoms with Gasteiger partial charge in [0.15, 0.2) is 0 Å². The van der Waals surface area contributed by atoms with E-state index in [4.69, 9.17) is 9.47 Å². The predicted molar refractivity (Wildman–Crippen MR) is 64.7 cm³/mol. The average Bonchev–Trinajstić information content (AvgIpc) is 3.00. The van der Waals surface area contributed by atoms with Crippen LogP contribution in [-0.2, 0) is 9.47 Å². The van der Waals surface area contributed by atoms with Gasteiger partial charge in [0, 0.05) is 29.4 Å². The Morgan fingerprint density at radius 2 is 2.11 bits per heavy atom. The summed E-state index contributed by atoms with van der Waals surface area (Å²) in [6.45, 7) is 1.65. The van der Waals surface area contributed by atoms with Gasteiger partial charge >= 0.3 is 0 Å². The van der Waals surface area contributed by atoms with E-state index < -0.39 is 0 Å². The second kappa shape index (κ2) is 2.99. The Hall–Kier alpha value is -1.46. The molecule has 1 aromatic carbocycles. The first-order valence-electron chi connectivity index (χ1n) is 6.71. The third-order valence-corrected chi connectivity index (χ3v) is 5.68. The molecule has 0 N–H and O–H groups in total. The first-order chi connectivity index (χ1) is 9.23. The molecule has 0 aromatic heterocycles. The van der Waals surface area contributed by atoms with Crippen molar-refractivity contribution in [2.75, 3.05) is 13.2 Å². The van der Waals surface area contributed by atoms with E-state index in [1.54, 1.807) is 12.1 Å². The van der Waals surface area contributed by atoms with Gasteiger partial charge < -0.3 is 9.47 Å². The van der Waals surface area contributed by atoms with Gasteiger partial charge in [-0.15, -0.1) is 0 Å². The summed E-state index contributed by atoms with van der Waals surface area (Å²) in [5.41, 5.74) is 1.65. The number of epoxide rings is 1. The van der Waals surface area contributed by atoms with Gasteiger partial charge in [-0.3, -0.25) is 10.1 Å². The van der Waals surface area contributed by atoms with Gasteiger partial charge in [-0.2, -0.15) is 0 Å². The topological polar surface area (TPSA) is 64.9 Å². The van der Waals surface area contributed by atoms with Crippen LogP contribution in [0.5, 0.6) is 0 Å². The fourth-order valence-corrected chi connectivity index (χ4v) is 4.83. The summed E-state index contributed by atoms with van der Waals surface area (Å²) in [4.78, 5) is 10.3. The summed E-state index contributed by atoms with van der Waals surface area (Å²) in [6, 6.07) is 7.02. The van der Waals surface area contributed by atoms with Crippen molar-refractivity contribution in [3.63, 3.8) is 0 Å². The third-order valence-electron chi connectivity index (χ3n) is 5.68. The molecule has 5 heteroatoms. The number of nitro benzene ring substituents is 1. The van der Waals surface area contributed by atoms with E-state index in [0.717, 1.165) is 13.2 Å². The third kappa shape index (κ3) is 0.986. The summed E-state index contributed by atoms with van der Waals surface area (Å²) < 4.78 is 11.4. The minimum absolute atomic E-state index is 0.158. The van der Waals surface area contributed by atoms with E-state index in [2.05, 4.69) is 0 Å². The fourth-order valence-electron chi connectivity index (χ4n) is 4.83. The number of benzene rings is 1. The maximum atomic E-state index is 10.7. The van der Waals surface area contributed by atoms with Crippen LogP contribution in [0.25, 0.3) is 0 Å². The van der Waals surface area contributed by atoms with Crippen LogP contribution in [0, 0.1) is 27.4 Å². The van der Waals surface area contributed by atoms with Crippen LogP contribution in [0.2, 0.25) is 0 Å². The normalized spacial score (nSPS) is 48.3. The number of nitro groups is 1. The molecule has 0 amide bonds. The highest BCUT2D eigenvalue weighted by Crippen LogP contribution is 2.80. The monoisotopic (exact) mass is 259 g/mol. The van der Waals surface area contributed by atoms with Crippen molar-refractivity contribution >= 4 is 5.69 Å². The molecule has 2 heterocycles. The van der Waals surface area contributed by atoms with Gasteiger partial charge in [-0.25, -0.2) is 0 Å². The molecular weight excluding hydrogens is 246 g/mol. The van der Waals surface area contributed by atoms with Gasteiger partial charge in [0.1, 0.15) is 0 Å². The van der Waals surface area contributed by atoms with Crippen molar-refractivity contribution < 1.29 is 14.4 Å². The van der Waals surface area contributed by atoms with Crippen LogP contribution in [-0.4, -0.2) is 30.3 Å². The summed E-state index contributed by atoms with van der Waals surface area (Å²) >= 11 is 0. The molecule has 2 saturated heterocycles. The highest BCUT2D eigenvalue weighted by atomic mass is 16.6. The van der Waals surface area contributed by atoms with Crippen molar-refractivity contribution in [1.82, 2.24) is 0 Å². The van der Waals surface area contributed by atoms with Crippen LogP contribution >= 0.6 is 0 Å². The smallest absolute Gasteiger partial charge is 0.269 e. The van der Waals surface area contributed by atoms with E-state index in [1.165, 1.54) is 5.56 Å². The van der Waals surface area contributed by atoms with Gasteiger partial charge in [0.2, 0.25) is 0 Å². The molecular formula is C14H13NO4. The zero-order valence-electron chi connectivity index (χ0n) is 10.2. The van der Waals surface area contributed by atoms with Gasteiger partial charge in [-0.05, 0) is 11.5 Å². The molecule has 6 atom stereocenters. The quantitative estimate of drug-likeness (QED) is 0.461. The Morgan fingerprint density at radius 3 is 2.84 bits per heavy atom. The first kappa shape index (κ1) is 10.3. The lowest BCUT2D eigenvalue weighted by molar-refractivity contribution is -0.384. The van der Waals surface area contributed by atoms with Crippen LogP contribution in [0.3, 0.4) is 0 Å². The van der Waals surface area contributed by atoms with Crippen molar-refractivity contribution in [2.45, 2.75) is 18.1 Å². The summed E-state index contributed by atoms with van der Waals surface area (Å²) in [7, 11) is 0. The van der Waals surface area contributed by atoms with Crippen LogP contribution < -0.4 is 0 Å². The lowest BCUT2D eigenvalue weighted by Gasteiger charge is -2.61. The second-order valence-corrected chi connectivity index (χ2v) is 6.16. The van der Waals surface area contributed by atoms with E-state index in [9.17, 15) is 10.1 Å². The Bertz CT molecular complexity index is 578.